The largest absolute Gasteiger partial charge is 0.479 e. The summed E-state index contributed by atoms with van der Waals surface area (Å²) in [6.07, 6.45) is 7.15. The summed E-state index contributed by atoms with van der Waals surface area (Å²) in [6, 6.07) is 11.9. The molecule has 162 valence electrons. The molecule has 0 bridgehead atoms. The first-order chi connectivity index (χ1) is 15.1. The molecule has 1 aromatic carbocycles. The Hall–Kier alpha value is -2.73. The number of amides is 1. The lowest BCUT2D eigenvalue weighted by atomic mass is 10.1. The van der Waals surface area contributed by atoms with E-state index in [1.807, 2.05) is 42.2 Å². The lowest BCUT2D eigenvalue weighted by Crippen LogP contribution is -2.44. The smallest absolute Gasteiger partial charge is 0.267 e. The standard InChI is InChI=1S/C25H29N3O2S/c1-4-5-6-7-10-15-28-21-16-19(12-13-22(21)30-17(2)25(28)29)23-18(3)31-24(27-23)20-11-8-9-14-26-20/h8-9,11-14,16-17H,4-7,10,15H2,1-3H3. The summed E-state index contributed by atoms with van der Waals surface area (Å²) in [5.41, 5.74) is 3.66. The third kappa shape index (κ3) is 4.64. The van der Waals surface area contributed by atoms with E-state index < -0.39 is 6.10 Å². The Morgan fingerprint density at radius 3 is 2.74 bits per heavy atom. The normalized spacial score (nSPS) is 15.6. The Morgan fingerprint density at radius 1 is 1.13 bits per heavy atom. The molecule has 3 heterocycles. The number of rotatable bonds is 8. The fourth-order valence-electron chi connectivity index (χ4n) is 3.92. The fraction of sp³-hybridized carbons (Fsp3) is 0.400. The van der Waals surface area contributed by atoms with Gasteiger partial charge in [0, 0.05) is 23.2 Å². The summed E-state index contributed by atoms with van der Waals surface area (Å²) in [4.78, 5) is 25.2. The highest BCUT2D eigenvalue weighted by Crippen LogP contribution is 2.40. The maximum Gasteiger partial charge on any atom is 0.267 e. The van der Waals surface area contributed by atoms with Gasteiger partial charge in [-0.15, -0.1) is 11.3 Å². The first-order valence-electron chi connectivity index (χ1n) is 11.1. The number of hydrogen-bond acceptors (Lipinski definition) is 5. The predicted molar refractivity (Wildman–Crippen MR) is 127 cm³/mol. The summed E-state index contributed by atoms with van der Waals surface area (Å²) in [6.45, 7) is 6.84. The third-order valence-corrected chi connectivity index (χ3v) is 6.60. The first-order valence-corrected chi connectivity index (χ1v) is 11.9. The van der Waals surface area contributed by atoms with Gasteiger partial charge in [0.15, 0.2) is 6.10 Å². The molecule has 0 radical (unpaired) electrons. The van der Waals surface area contributed by atoms with E-state index in [1.165, 1.54) is 19.3 Å². The fourth-order valence-corrected chi connectivity index (χ4v) is 4.83. The molecule has 1 aliphatic heterocycles. The van der Waals surface area contributed by atoms with Gasteiger partial charge >= 0.3 is 0 Å². The number of hydrogen-bond donors (Lipinski definition) is 0. The van der Waals surface area contributed by atoms with Gasteiger partial charge in [-0.3, -0.25) is 9.78 Å². The van der Waals surface area contributed by atoms with Gasteiger partial charge < -0.3 is 9.64 Å². The number of aryl methyl sites for hydroxylation is 1. The zero-order valence-corrected chi connectivity index (χ0v) is 19.2. The summed E-state index contributed by atoms with van der Waals surface area (Å²) in [5, 5.41) is 0.902. The number of ether oxygens (including phenoxy) is 1. The van der Waals surface area contributed by atoms with Crippen LogP contribution in [0.4, 0.5) is 5.69 Å². The van der Waals surface area contributed by atoms with E-state index in [4.69, 9.17) is 9.72 Å². The molecule has 5 nitrogen and oxygen atoms in total. The molecule has 1 amide bonds. The topological polar surface area (TPSA) is 55.3 Å². The number of aromatic nitrogens is 2. The second kappa shape index (κ2) is 9.60. The lowest BCUT2D eigenvalue weighted by molar-refractivity contribution is -0.125. The SMILES string of the molecule is CCCCCCCN1C(=O)C(C)Oc2ccc(-c3nc(-c4ccccn4)sc3C)cc21. The molecule has 1 unspecified atom stereocenters. The van der Waals surface area contributed by atoms with Crippen LogP contribution in [-0.2, 0) is 4.79 Å². The van der Waals surface area contributed by atoms with Crippen LogP contribution >= 0.6 is 11.3 Å². The number of thiazole rings is 1. The van der Waals surface area contributed by atoms with Crippen LogP contribution in [0, 0.1) is 6.92 Å². The van der Waals surface area contributed by atoms with Crippen molar-refractivity contribution in [3.63, 3.8) is 0 Å². The van der Waals surface area contributed by atoms with Crippen molar-refractivity contribution in [3.8, 4) is 27.7 Å². The molecular weight excluding hydrogens is 406 g/mol. The second-order valence-corrected chi connectivity index (χ2v) is 9.19. The highest BCUT2D eigenvalue weighted by Gasteiger charge is 2.31. The highest BCUT2D eigenvalue weighted by molar-refractivity contribution is 7.15. The molecule has 4 rings (SSSR count). The predicted octanol–water partition coefficient (Wildman–Crippen LogP) is 6.26. The first kappa shape index (κ1) is 21.5. The van der Waals surface area contributed by atoms with Crippen LogP contribution in [0.1, 0.15) is 50.8 Å². The molecule has 3 aromatic rings. The van der Waals surface area contributed by atoms with Gasteiger partial charge in [-0.25, -0.2) is 4.98 Å². The third-order valence-electron chi connectivity index (χ3n) is 5.61. The van der Waals surface area contributed by atoms with Crippen molar-refractivity contribution < 1.29 is 9.53 Å². The van der Waals surface area contributed by atoms with E-state index in [0.717, 1.165) is 57.7 Å². The number of anilines is 1. The number of carbonyl (C=O) groups excluding carboxylic acids is 1. The van der Waals surface area contributed by atoms with Gasteiger partial charge in [-0.2, -0.15) is 0 Å². The Labute approximate surface area is 188 Å². The number of fused-ring (bicyclic) bond motifs is 1. The lowest BCUT2D eigenvalue weighted by Gasteiger charge is -2.33. The molecular formula is C25H29N3O2S. The van der Waals surface area contributed by atoms with E-state index in [-0.39, 0.29) is 5.91 Å². The quantitative estimate of drug-likeness (QED) is 0.392. The molecule has 31 heavy (non-hydrogen) atoms. The van der Waals surface area contributed by atoms with Crippen LogP contribution in [0.25, 0.3) is 22.0 Å². The number of benzene rings is 1. The van der Waals surface area contributed by atoms with Crippen LogP contribution in [0.15, 0.2) is 42.6 Å². The number of nitrogens with zero attached hydrogens (tertiary/aromatic N) is 3. The highest BCUT2D eigenvalue weighted by atomic mass is 32.1. The Bertz CT molecular complexity index is 1050. The molecule has 0 spiro atoms. The number of carbonyl (C=O) groups is 1. The van der Waals surface area contributed by atoms with Crippen LogP contribution < -0.4 is 9.64 Å². The number of unbranched alkanes of at least 4 members (excludes halogenated alkanes) is 4. The summed E-state index contributed by atoms with van der Waals surface area (Å²) in [7, 11) is 0. The molecule has 0 saturated heterocycles. The molecule has 0 fully saturated rings. The van der Waals surface area contributed by atoms with Crippen molar-refractivity contribution in [3.05, 3.63) is 47.5 Å². The average Bonchev–Trinajstić information content (AvgIpc) is 3.18. The maximum atomic E-state index is 12.9. The van der Waals surface area contributed by atoms with Gasteiger partial charge in [-0.05, 0) is 50.6 Å². The molecule has 0 N–H and O–H groups in total. The number of pyridine rings is 1. The average molecular weight is 436 g/mol. The molecule has 6 heteroatoms. The minimum atomic E-state index is -0.453. The summed E-state index contributed by atoms with van der Waals surface area (Å²) in [5.74, 6) is 0.798. The van der Waals surface area contributed by atoms with Crippen LogP contribution in [-0.4, -0.2) is 28.5 Å². The van der Waals surface area contributed by atoms with Gasteiger partial charge in [0.2, 0.25) is 0 Å². The van der Waals surface area contributed by atoms with Gasteiger partial charge in [0.25, 0.3) is 5.91 Å². The van der Waals surface area contributed by atoms with Gasteiger partial charge in [0.05, 0.1) is 17.1 Å². The van der Waals surface area contributed by atoms with E-state index in [1.54, 1.807) is 17.5 Å². The van der Waals surface area contributed by atoms with Crippen LogP contribution in [0.3, 0.4) is 0 Å². The molecule has 0 aliphatic carbocycles. The molecule has 1 atom stereocenters. The Balaban J connectivity index is 1.62. The molecule has 2 aromatic heterocycles. The second-order valence-electron chi connectivity index (χ2n) is 7.99. The minimum absolute atomic E-state index is 0.0318. The van der Waals surface area contributed by atoms with Crippen molar-refractivity contribution in [2.75, 3.05) is 11.4 Å². The Morgan fingerprint density at radius 2 is 1.97 bits per heavy atom. The zero-order chi connectivity index (χ0) is 21.8. The molecule has 0 saturated carbocycles. The van der Waals surface area contributed by atoms with Crippen molar-refractivity contribution in [1.29, 1.82) is 0 Å². The van der Waals surface area contributed by atoms with Crippen molar-refractivity contribution in [2.24, 2.45) is 0 Å². The monoisotopic (exact) mass is 435 g/mol. The van der Waals surface area contributed by atoms with E-state index >= 15 is 0 Å². The minimum Gasteiger partial charge on any atom is -0.479 e. The van der Waals surface area contributed by atoms with Crippen molar-refractivity contribution in [2.45, 2.75) is 59.0 Å². The van der Waals surface area contributed by atoms with E-state index in [9.17, 15) is 4.79 Å². The van der Waals surface area contributed by atoms with Crippen LogP contribution in [0.5, 0.6) is 5.75 Å². The van der Waals surface area contributed by atoms with Crippen molar-refractivity contribution in [1.82, 2.24) is 9.97 Å². The molecule has 1 aliphatic rings. The summed E-state index contributed by atoms with van der Waals surface area (Å²) < 4.78 is 5.90. The Kier molecular flexibility index (Phi) is 6.66. The van der Waals surface area contributed by atoms with Crippen molar-refractivity contribution >= 4 is 22.9 Å². The summed E-state index contributed by atoms with van der Waals surface area (Å²) >= 11 is 1.64. The maximum absolute atomic E-state index is 12.9. The van der Waals surface area contributed by atoms with Gasteiger partial charge in [0.1, 0.15) is 10.8 Å². The van der Waals surface area contributed by atoms with Crippen LogP contribution in [0.2, 0.25) is 0 Å². The van der Waals surface area contributed by atoms with Gasteiger partial charge in [-0.1, -0.05) is 38.7 Å². The van der Waals surface area contributed by atoms with E-state index in [2.05, 4.69) is 24.9 Å². The zero-order valence-electron chi connectivity index (χ0n) is 18.4. The van der Waals surface area contributed by atoms with E-state index in [0.29, 0.717) is 0 Å².